The fraction of sp³-hybridized carbons (Fsp3) is 0.263. The van der Waals surface area contributed by atoms with Gasteiger partial charge in [-0.25, -0.2) is 9.18 Å². The molecular formula is C19H20FN3O3. The summed E-state index contributed by atoms with van der Waals surface area (Å²) in [5.41, 5.74) is 1.28. The van der Waals surface area contributed by atoms with Gasteiger partial charge in [0.25, 0.3) is 0 Å². The van der Waals surface area contributed by atoms with Crippen LogP contribution in [0, 0.1) is 5.82 Å². The maximum atomic E-state index is 12.8. The molecule has 0 unspecified atom stereocenters. The molecule has 1 saturated carbocycles. The predicted molar refractivity (Wildman–Crippen MR) is 96.8 cm³/mol. The lowest BCUT2D eigenvalue weighted by molar-refractivity contribution is -0.116. The summed E-state index contributed by atoms with van der Waals surface area (Å²) in [5, 5.41) is 8.33. The molecule has 0 atom stereocenters. The van der Waals surface area contributed by atoms with Gasteiger partial charge in [-0.05, 0) is 61.4 Å². The van der Waals surface area contributed by atoms with Crippen LogP contribution in [0.3, 0.4) is 0 Å². The summed E-state index contributed by atoms with van der Waals surface area (Å²) in [5.74, 6) is -0.0172. The Morgan fingerprint density at radius 1 is 0.962 bits per heavy atom. The van der Waals surface area contributed by atoms with Crippen molar-refractivity contribution in [2.45, 2.75) is 25.3 Å². The molecule has 0 heterocycles. The first-order valence-electron chi connectivity index (χ1n) is 8.44. The number of anilines is 2. The Bertz CT molecular complexity index is 759. The van der Waals surface area contributed by atoms with Crippen LogP contribution in [0.25, 0.3) is 0 Å². The van der Waals surface area contributed by atoms with E-state index in [9.17, 15) is 14.0 Å². The molecule has 26 heavy (non-hydrogen) atoms. The fourth-order valence-electron chi connectivity index (χ4n) is 2.23. The minimum Gasteiger partial charge on any atom is -0.493 e. The van der Waals surface area contributed by atoms with Crippen molar-refractivity contribution in [1.29, 1.82) is 0 Å². The standard InChI is InChI=1S/C19H20FN3O3/c20-13-1-9-17(10-2-13)26-12-11-18(24)21-14-3-5-15(6-4-14)22-19(25)23-16-7-8-16/h1-6,9-10,16H,7-8,11-12H2,(H,21,24)(H2,22,23,25). The first kappa shape index (κ1) is 17.7. The molecule has 136 valence electrons. The summed E-state index contributed by atoms with van der Waals surface area (Å²) < 4.78 is 18.2. The minimum absolute atomic E-state index is 0.168. The third-order valence-corrected chi connectivity index (χ3v) is 3.75. The van der Waals surface area contributed by atoms with E-state index in [1.165, 1.54) is 24.3 Å². The molecule has 3 rings (SSSR count). The van der Waals surface area contributed by atoms with E-state index >= 15 is 0 Å². The molecule has 6 nitrogen and oxygen atoms in total. The Balaban J connectivity index is 1.39. The van der Waals surface area contributed by atoms with Crippen LogP contribution in [0.4, 0.5) is 20.6 Å². The van der Waals surface area contributed by atoms with E-state index in [1.807, 2.05) is 0 Å². The van der Waals surface area contributed by atoms with Crippen LogP contribution in [-0.4, -0.2) is 24.6 Å². The van der Waals surface area contributed by atoms with Crippen molar-refractivity contribution in [3.05, 3.63) is 54.3 Å². The van der Waals surface area contributed by atoms with Gasteiger partial charge in [-0.2, -0.15) is 0 Å². The highest BCUT2D eigenvalue weighted by molar-refractivity contribution is 5.92. The molecular weight excluding hydrogens is 337 g/mol. The second-order valence-corrected chi connectivity index (χ2v) is 6.05. The van der Waals surface area contributed by atoms with Gasteiger partial charge in [0, 0.05) is 17.4 Å². The zero-order valence-corrected chi connectivity index (χ0v) is 14.1. The summed E-state index contributed by atoms with van der Waals surface area (Å²) in [7, 11) is 0. The summed E-state index contributed by atoms with van der Waals surface area (Å²) >= 11 is 0. The average molecular weight is 357 g/mol. The fourth-order valence-corrected chi connectivity index (χ4v) is 2.23. The van der Waals surface area contributed by atoms with E-state index in [4.69, 9.17) is 4.74 Å². The van der Waals surface area contributed by atoms with Gasteiger partial charge in [0.15, 0.2) is 0 Å². The Morgan fingerprint density at radius 3 is 2.19 bits per heavy atom. The van der Waals surface area contributed by atoms with Crippen molar-refractivity contribution in [3.8, 4) is 5.75 Å². The molecule has 3 N–H and O–H groups in total. The molecule has 3 amide bonds. The van der Waals surface area contributed by atoms with E-state index in [1.54, 1.807) is 24.3 Å². The van der Waals surface area contributed by atoms with Crippen molar-refractivity contribution >= 4 is 23.3 Å². The number of carbonyl (C=O) groups is 2. The lowest BCUT2D eigenvalue weighted by atomic mass is 10.2. The number of hydrogen-bond donors (Lipinski definition) is 3. The first-order valence-corrected chi connectivity index (χ1v) is 8.44. The van der Waals surface area contributed by atoms with Crippen molar-refractivity contribution in [2.24, 2.45) is 0 Å². The van der Waals surface area contributed by atoms with Crippen LogP contribution in [0.2, 0.25) is 0 Å². The Hall–Kier alpha value is -3.09. The second kappa shape index (κ2) is 8.33. The molecule has 0 aliphatic heterocycles. The summed E-state index contributed by atoms with van der Waals surface area (Å²) in [6.07, 6.45) is 2.23. The smallest absolute Gasteiger partial charge is 0.319 e. The molecule has 0 aromatic heterocycles. The van der Waals surface area contributed by atoms with Gasteiger partial charge in [0.05, 0.1) is 13.0 Å². The number of benzene rings is 2. The Kier molecular flexibility index (Phi) is 5.68. The first-order chi connectivity index (χ1) is 12.6. The van der Waals surface area contributed by atoms with Crippen LogP contribution < -0.4 is 20.7 Å². The molecule has 2 aromatic rings. The highest BCUT2D eigenvalue weighted by Gasteiger charge is 2.23. The number of nitrogens with one attached hydrogen (secondary N) is 3. The maximum Gasteiger partial charge on any atom is 0.319 e. The van der Waals surface area contributed by atoms with Gasteiger partial charge in [-0.15, -0.1) is 0 Å². The average Bonchev–Trinajstić information content (AvgIpc) is 3.42. The number of carbonyl (C=O) groups excluding carboxylic acids is 2. The number of hydrogen-bond acceptors (Lipinski definition) is 3. The number of amides is 3. The van der Waals surface area contributed by atoms with Crippen LogP contribution in [0.15, 0.2) is 48.5 Å². The third kappa shape index (κ3) is 5.77. The van der Waals surface area contributed by atoms with E-state index in [-0.39, 0.29) is 30.8 Å². The molecule has 0 spiro atoms. The summed E-state index contributed by atoms with van der Waals surface area (Å²) in [6.45, 7) is 0.193. The van der Waals surface area contributed by atoms with Gasteiger partial charge in [0.1, 0.15) is 11.6 Å². The summed E-state index contributed by atoms with van der Waals surface area (Å²) in [4.78, 5) is 23.6. The van der Waals surface area contributed by atoms with Crippen LogP contribution >= 0.6 is 0 Å². The van der Waals surface area contributed by atoms with E-state index in [0.717, 1.165) is 12.8 Å². The highest BCUT2D eigenvalue weighted by Crippen LogP contribution is 2.19. The van der Waals surface area contributed by atoms with Crippen molar-refractivity contribution in [3.63, 3.8) is 0 Å². The quantitative estimate of drug-likeness (QED) is 0.709. The van der Waals surface area contributed by atoms with Crippen molar-refractivity contribution in [2.75, 3.05) is 17.2 Å². The monoisotopic (exact) mass is 357 g/mol. The number of halogens is 1. The second-order valence-electron chi connectivity index (χ2n) is 6.05. The third-order valence-electron chi connectivity index (χ3n) is 3.75. The topological polar surface area (TPSA) is 79.5 Å². The molecule has 0 radical (unpaired) electrons. The van der Waals surface area contributed by atoms with Crippen LogP contribution in [-0.2, 0) is 4.79 Å². The normalized spacial score (nSPS) is 13.0. The lowest BCUT2D eigenvalue weighted by Crippen LogP contribution is -2.30. The van der Waals surface area contributed by atoms with E-state index in [2.05, 4.69) is 16.0 Å². The summed E-state index contributed by atoms with van der Waals surface area (Å²) in [6, 6.07) is 12.6. The molecule has 7 heteroatoms. The van der Waals surface area contributed by atoms with Crippen LogP contribution in [0.1, 0.15) is 19.3 Å². The number of rotatable bonds is 7. The molecule has 0 bridgehead atoms. The number of urea groups is 1. The Labute approximate surface area is 150 Å². The molecule has 1 aliphatic rings. The largest absolute Gasteiger partial charge is 0.493 e. The molecule has 0 saturated heterocycles. The van der Waals surface area contributed by atoms with Gasteiger partial charge in [-0.3, -0.25) is 4.79 Å². The Morgan fingerprint density at radius 2 is 1.58 bits per heavy atom. The zero-order chi connectivity index (χ0) is 18.4. The SMILES string of the molecule is O=C(CCOc1ccc(F)cc1)Nc1ccc(NC(=O)NC2CC2)cc1. The molecule has 1 aliphatic carbocycles. The van der Waals surface area contributed by atoms with Crippen LogP contribution in [0.5, 0.6) is 5.75 Å². The zero-order valence-electron chi connectivity index (χ0n) is 14.1. The van der Waals surface area contributed by atoms with Gasteiger partial charge < -0.3 is 20.7 Å². The number of ether oxygens (including phenoxy) is 1. The van der Waals surface area contributed by atoms with Crippen molar-refractivity contribution < 1.29 is 18.7 Å². The molecule has 1 fully saturated rings. The van der Waals surface area contributed by atoms with Gasteiger partial charge in [-0.1, -0.05) is 0 Å². The highest BCUT2D eigenvalue weighted by atomic mass is 19.1. The van der Waals surface area contributed by atoms with Gasteiger partial charge in [0.2, 0.25) is 5.91 Å². The van der Waals surface area contributed by atoms with E-state index in [0.29, 0.717) is 23.2 Å². The van der Waals surface area contributed by atoms with Crippen molar-refractivity contribution in [1.82, 2.24) is 5.32 Å². The van der Waals surface area contributed by atoms with Gasteiger partial charge >= 0.3 is 6.03 Å². The molecule has 2 aromatic carbocycles. The minimum atomic E-state index is -0.335. The van der Waals surface area contributed by atoms with E-state index < -0.39 is 0 Å². The maximum absolute atomic E-state index is 12.8. The lowest BCUT2D eigenvalue weighted by Gasteiger charge is -2.09. The predicted octanol–water partition coefficient (Wildman–Crippen LogP) is 3.52.